The van der Waals surface area contributed by atoms with Crippen LogP contribution < -0.4 is 4.74 Å². The van der Waals surface area contributed by atoms with Crippen LogP contribution in [0.2, 0.25) is 0 Å². The van der Waals surface area contributed by atoms with Gasteiger partial charge in [0.1, 0.15) is 16.0 Å². The minimum absolute atomic E-state index is 0.114. The number of hydrogen-bond acceptors (Lipinski definition) is 3. The van der Waals surface area contributed by atoms with Gasteiger partial charge in [-0.25, -0.2) is 13.8 Å². The van der Waals surface area contributed by atoms with Crippen molar-refractivity contribution >= 4 is 22.2 Å². The zero-order valence-electron chi connectivity index (χ0n) is 7.76. The summed E-state index contributed by atoms with van der Waals surface area (Å²) in [5.41, 5.74) is -1.52. The molecule has 0 unspecified atom stereocenters. The molecule has 0 aromatic carbocycles. The van der Waals surface area contributed by atoms with Crippen LogP contribution in [0.4, 0.5) is 22.0 Å². The predicted molar refractivity (Wildman–Crippen MR) is 49.0 cm³/mol. The first-order chi connectivity index (χ1) is 7.74. The number of rotatable bonds is 3. The topological polar surface area (TPSA) is 39.2 Å². The molecule has 0 fully saturated rings. The third-order valence-electron chi connectivity index (χ3n) is 1.56. The van der Waals surface area contributed by atoms with E-state index in [0.717, 1.165) is 0 Å². The largest absolute Gasteiger partial charge is 0.573 e. The van der Waals surface area contributed by atoms with Crippen LogP contribution in [-0.4, -0.2) is 17.6 Å². The Bertz CT molecular complexity index is 435. The summed E-state index contributed by atoms with van der Waals surface area (Å²) in [4.78, 5) is 13.7. The minimum Gasteiger partial charge on any atom is -0.405 e. The fourth-order valence-electron chi connectivity index (χ4n) is 0.987. The zero-order chi connectivity index (χ0) is 13.2. The van der Waals surface area contributed by atoms with Crippen LogP contribution in [0, 0.1) is 0 Å². The highest BCUT2D eigenvalue weighted by Crippen LogP contribution is 2.37. The van der Waals surface area contributed by atoms with Gasteiger partial charge in [-0.3, -0.25) is 4.79 Å². The third-order valence-corrected chi connectivity index (χ3v) is 2.16. The number of carbonyl (C=O) groups is 1. The molecule has 0 bridgehead atoms. The summed E-state index contributed by atoms with van der Waals surface area (Å²) in [6, 6.07) is 0.493. The summed E-state index contributed by atoms with van der Waals surface area (Å²) in [6.45, 7) is 0. The van der Waals surface area contributed by atoms with Crippen LogP contribution in [0.3, 0.4) is 0 Å². The molecular formula is C8H3BrF5NO2. The van der Waals surface area contributed by atoms with Crippen molar-refractivity contribution in [3.8, 4) is 5.75 Å². The molecule has 17 heavy (non-hydrogen) atoms. The lowest BCUT2D eigenvalue weighted by atomic mass is 10.2. The van der Waals surface area contributed by atoms with E-state index >= 15 is 0 Å². The molecule has 9 heteroatoms. The normalized spacial score (nSPS) is 11.7. The van der Waals surface area contributed by atoms with Gasteiger partial charge in [-0.05, 0) is 15.9 Å². The van der Waals surface area contributed by atoms with Crippen molar-refractivity contribution in [3.63, 3.8) is 0 Å². The smallest absolute Gasteiger partial charge is 0.405 e. The maximum absolute atomic E-state index is 12.5. The fraction of sp³-hybridized carbons (Fsp3) is 0.250. The van der Waals surface area contributed by atoms with Gasteiger partial charge in [-0.1, -0.05) is 0 Å². The Hall–Kier alpha value is -1.25. The molecule has 0 saturated carbocycles. The number of hydrogen-bond donors (Lipinski definition) is 0. The molecule has 1 heterocycles. The van der Waals surface area contributed by atoms with E-state index in [0.29, 0.717) is 6.07 Å². The van der Waals surface area contributed by atoms with Crippen LogP contribution in [0.15, 0.2) is 10.7 Å². The molecule has 0 spiro atoms. The number of nitrogens with zero attached hydrogens (tertiary/aromatic N) is 1. The van der Waals surface area contributed by atoms with Crippen molar-refractivity contribution in [2.45, 2.75) is 12.8 Å². The van der Waals surface area contributed by atoms with E-state index in [1.807, 2.05) is 0 Å². The number of pyridine rings is 1. The Kier molecular flexibility index (Phi) is 4.02. The number of alkyl halides is 5. The van der Waals surface area contributed by atoms with Gasteiger partial charge in [0.15, 0.2) is 6.29 Å². The summed E-state index contributed by atoms with van der Waals surface area (Å²) >= 11 is 2.55. The summed E-state index contributed by atoms with van der Waals surface area (Å²) in [5.74, 6) is -1.16. The lowest BCUT2D eigenvalue weighted by Gasteiger charge is -2.14. The van der Waals surface area contributed by atoms with E-state index in [2.05, 4.69) is 25.7 Å². The van der Waals surface area contributed by atoms with E-state index < -0.39 is 34.4 Å². The quantitative estimate of drug-likeness (QED) is 0.486. The Labute approximate surface area is 99.7 Å². The third kappa shape index (κ3) is 3.62. The first kappa shape index (κ1) is 13.8. The molecule has 0 N–H and O–H groups in total. The highest BCUT2D eigenvalue weighted by Gasteiger charge is 2.34. The molecule has 3 nitrogen and oxygen atoms in total. The maximum Gasteiger partial charge on any atom is 0.573 e. The summed E-state index contributed by atoms with van der Waals surface area (Å²) in [5, 5.41) is 0. The lowest BCUT2D eigenvalue weighted by molar-refractivity contribution is -0.275. The van der Waals surface area contributed by atoms with Crippen molar-refractivity contribution in [2.24, 2.45) is 0 Å². The highest BCUT2D eigenvalue weighted by atomic mass is 79.9. The molecule has 94 valence electrons. The minimum atomic E-state index is -5.13. The lowest BCUT2D eigenvalue weighted by Crippen LogP contribution is -2.19. The van der Waals surface area contributed by atoms with Crippen molar-refractivity contribution in [3.05, 3.63) is 21.9 Å². The molecule has 0 aliphatic heterocycles. The molecule has 0 radical (unpaired) electrons. The maximum atomic E-state index is 12.5. The van der Waals surface area contributed by atoms with Gasteiger partial charge in [0.05, 0.1) is 5.56 Å². The second kappa shape index (κ2) is 4.94. The van der Waals surface area contributed by atoms with Gasteiger partial charge >= 0.3 is 6.36 Å². The second-order valence-electron chi connectivity index (χ2n) is 2.72. The zero-order valence-corrected chi connectivity index (χ0v) is 9.35. The predicted octanol–water partition coefficient (Wildman–Crippen LogP) is 3.49. The van der Waals surface area contributed by atoms with Crippen molar-refractivity contribution in [1.82, 2.24) is 4.98 Å². The second-order valence-corrected chi connectivity index (χ2v) is 3.47. The Morgan fingerprint density at radius 2 is 2.00 bits per heavy atom. The van der Waals surface area contributed by atoms with Crippen LogP contribution in [0.1, 0.15) is 22.5 Å². The molecule has 0 aliphatic rings. The van der Waals surface area contributed by atoms with Crippen molar-refractivity contribution in [1.29, 1.82) is 0 Å². The van der Waals surface area contributed by atoms with E-state index in [1.165, 1.54) is 0 Å². The monoisotopic (exact) mass is 319 g/mol. The number of carbonyl (C=O) groups excluding carboxylic acids is 1. The first-order valence-electron chi connectivity index (χ1n) is 3.94. The van der Waals surface area contributed by atoms with Crippen LogP contribution in [0.25, 0.3) is 0 Å². The van der Waals surface area contributed by atoms with Gasteiger partial charge < -0.3 is 4.74 Å². The first-order valence-corrected chi connectivity index (χ1v) is 4.73. The van der Waals surface area contributed by atoms with Gasteiger partial charge in [-0.15, -0.1) is 13.2 Å². The molecule has 0 atom stereocenters. The summed E-state index contributed by atoms with van der Waals surface area (Å²) < 4.78 is 63.7. The van der Waals surface area contributed by atoms with E-state index in [4.69, 9.17) is 0 Å². The van der Waals surface area contributed by atoms with Gasteiger partial charge in [0.2, 0.25) is 0 Å². The number of halogens is 6. The fourth-order valence-corrected chi connectivity index (χ4v) is 1.56. The van der Waals surface area contributed by atoms with E-state index in [-0.39, 0.29) is 6.29 Å². The molecule has 1 aromatic rings. The molecule has 1 rings (SSSR count). The standard InChI is InChI=1S/C8H3BrF5NO2/c9-6-5(7(10)11)4(17-8(12,13)14)1-3(2-16)15-6/h1-2,7H. The molecular weight excluding hydrogens is 317 g/mol. The highest BCUT2D eigenvalue weighted by molar-refractivity contribution is 9.10. The Balaban J connectivity index is 3.32. The summed E-state index contributed by atoms with van der Waals surface area (Å²) in [7, 11) is 0. The van der Waals surface area contributed by atoms with Crippen molar-refractivity contribution in [2.75, 3.05) is 0 Å². The Morgan fingerprint density at radius 1 is 1.41 bits per heavy atom. The average Bonchev–Trinajstić information content (AvgIpc) is 2.13. The molecule has 0 amide bonds. The van der Waals surface area contributed by atoms with Crippen molar-refractivity contribution < 1.29 is 31.5 Å². The summed E-state index contributed by atoms with van der Waals surface area (Å²) in [6.07, 6.45) is -8.25. The van der Waals surface area contributed by atoms with Gasteiger partial charge in [0.25, 0.3) is 6.43 Å². The SMILES string of the molecule is O=Cc1cc(OC(F)(F)F)c(C(F)F)c(Br)n1. The van der Waals surface area contributed by atoms with E-state index in [9.17, 15) is 26.7 Å². The van der Waals surface area contributed by atoms with Crippen LogP contribution >= 0.6 is 15.9 Å². The molecule has 1 aromatic heterocycles. The number of ether oxygens (including phenoxy) is 1. The van der Waals surface area contributed by atoms with E-state index in [1.54, 1.807) is 0 Å². The Morgan fingerprint density at radius 3 is 2.41 bits per heavy atom. The molecule has 0 saturated heterocycles. The number of aromatic nitrogens is 1. The average molecular weight is 320 g/mol. The van der Waals surface area contributed by atoms with Crippen LogP contribution in [-0.2, 0) is 0 Å². The van der Waals surface area contributed by atoms with Gasteiger partial charge in [0, 0.05) is 6.07 Å². The van der Waals surface area contributed by atoms with Crippen LogP contribution in [0.5, 0.6) is 5.75 Å². The molecule has 0 aliphatic carbocycles. The van der Waals surface area contributed by atoms with Gasteiger partial charge in [-0.2, -0.15) is 0 Å². The number of aldehydes is 1.